The molecule has 1 saturated heterocycles. The lowest BCUT2D eigenvalue weighted by molar-refractivity contribution is 0.115. The maximum atomic E-state index is 12.6. The van der Waals surface area contributed by atoms with Crippen LogP contribution in [0.15, 0.2) is 18.2 Å². The number of benzene rings is 1. The van der Waals surface area contributed by atoms with Crippen LogP contribution in [0, 0.1) is 0 Å². The van der Waals surface area contributed by atoms with E-state index < -0.39 is 0 Å². The molecule has 2 heterocycles. The third kappa shape index (κ3) is 3.15. The average molecular weight is 331 g/mol. The second kappa shape index (κ2) is 6.89. The number of hydrogen-bond donors (Lipinski definition) is 1. The molecule has 0 radical (unpaired) electrons. The second-order valence-corrected chi connectivity index (χ2v) is 6.72. The maximum Gasteiger partial charge on any atom is 0.322 e. The molecule has 2 fully saturated rings. The summed E-state index contributed by atoms with van der Waals surface area (Å²) in [5.41, 5.74) is 0.690. The first kappa shape index (κ1) is 15.6. The molecule has 0 atom stereocenters. The first-order chi connectivity index (χ1) is 11.8. The van der Waals surface area contributed by atoms with Crippen LogP contribution < -0.4 is 14.8 Å². The van der Waals surface area contributed by atoms with E-state index in [1.807, 2.05) is 23.1 Å². The normalized spacial score (nSPS) is 21.8. The fourth-order valence-corrected chi connectivity index (χ4v) is 3.93. The molecule has 0 spiro atoms. The number of fused-ring (bicyclic) bond motifs is 1. The molecule has 2 aliphatic heterocycles. The van der Waals surface area contributed by atoms with Crippen LogP contribution in [0.4, 0.5) is 10.5 Å². The Bertz CT molecular complexity index is 593. The highest BCUT2D eigenvalue weighted by Crippen LogP contribution is 2.37. The zero-order valence-corrected chi connectivity index (χ0v) is 14.0. The average Bonchev–Trinajstić information content (AvgIpc) is 3.17. The van der Waals surface area contributed by atoms with E-state index in [4.69, 9.17) is 9.47 Å². The van der Waals surface area contributed by atoms with Crippen molar-refractivity contribution in [3.63, 3.8) is 0 Å². The number of hydrogen-bond acceptors (Lipinski definition) is 4. The number of para-hydroxylation sites is 1. The van der Waals surface area contributed by atoms with E-state index in [1.165, 1.54) is 25.7 Å². The van der Waals surface area contributed by atoms with E-state index in [0.29, 0.717) is 30.4 Å². The summed E-state index contributed by atoms with van der Waals surface area (Å²) in [6.45, 7) is 4.59. The standard InChI is InChI=1S/C18H25N3O3/c22-18(19-15-6-3-7-16-17(15)24-13-12-23-16)21-10-8-20(9-11-21)14-4-1-2-5-14/h3,6-7,14H,1-2,4-5,8-13H2,(H,19,22). The maximum absolute atomic E-state index is 12.6. The van der Waals surface area contributed by atoms with Gasteiger partial charge in [0.05, 0.1) is 5.69 Å². The Labute approximate surface area is 142 Å². The van der Waals surface area contributed by atoms with Crippen molar-refractivity contribution in [3.05, 3.63) is 18.2 Å². The van der Waals surface area contributed by atoms with Crippen molar-refractivity contribution in [1.29, 1.82) is 0 Å². The number of rotatable bonds is 2. The van der Waals surface area contributed by atoms with Crippen molar-refractivity contribution < 1.29 is 14.3 Å². The van der Waals surface area contributed by atoms with Crippen molar-refractivity contribution in [1.82, 2.24) is 9.80 Å². The molecule has 2 amide bonds. The van der Waals surface area contributed by atoms with Gasteiger partial charge in [-0.3, -0.25) is 4.90 Å². The van der Waals surface area contributed by atoms with Gasteiger partial charge in [0.15, 0.2) is 11.5 Å². The molecule has 1 N–H and O–H groups in total. The number of ether oxygens (including phenoxy) is 2. The summed E-state index contributed by atoms with van der Waals surface area (Å²) in [5, 5.41) is 2.99. The van der Waals surface area contributed by atoms with Gasteiger partial charge in [0.1, 0.15) is 13.2 Å². The highest BCUT2D eigenvalue weighted by atomic mass is 16.6. The van der Waals surface area contributed by atoms with Gasteiger partial charge in [-0.25, -0.2) is 4.79 Å². The molecule has 1 aliphatic carbocycles. The molecule has 4 rings (SSSR count). The predicted molar refractivity (Wildman–Crippen MR) is 91.9 cm³/mol. The van der Waals surface area contributed by atoms with Gasteiger partial charge in [0.25, 0.3) is 0 Å². The Morgan fingerprint density at radius 1 is 1.04 bits per heavy atom. The topological polar surface area (TPSA) is 54.0 Å². The summed E-state index contributed by atoms with van der Waals surface area (Å²) in [5.74, 6) is 1.34. The van der Waals surface area contributed by atoms with Gasteiger partial charge in [-0.05, 0) is 25.0 Å². The number of amides is 2. The molecule has 3 aliphatic rings. The van der Waals surface area contributed by atoms with Gasteiger partial charge in [0, 0.05) is 32.2 Å². The van der Waals surface area contributed by atoms with E-state index in [1.54, 1.807) is 0 Å². The minimum atomic E-state index is -0.0522. The summed E-state index contributed by atoms with van der Waals surface area (Å²) in [6, 6.07) is 6.29. The smallest absolute Gasteiger partial charge is 0.322 e. The highest BCUT2D eigenvalue weighted by Gasteiger charge is 2.28. The summed E-state index contributed by atoms with van der Waals surface area (Å²) in [6.07, 6.45) is 5.35. The molecule has 0 unspecified atom stereocenters. The van der Waals surface area contributed by atoms with Crippen molar-refractivity contribution in [2.45, 2.75) is 31.7 Å². The molecule has 130 valence electrons. The molecule has 6 heteroatoms. The number of nitrogens with one attached hydrogen (secondary N) is 1. The van der Waals surface area contributed by atoms with E-state index in [9.17, 15) is 4.79 Å². The lowest BCUT2D eigenvalue weighted by Gasteiger charge is -2.38. The van der Waals surface area contributed by atoms with Gasteiger partial charge in [-0.1, -0.05) is 18.9 Å². The Kier molecular flexibility index (Phi) is 4.47. The first-order valence-electron chi connectivity index (χ1n) is 9.00. The van der Waals surface area contributed by atoms with Gasteiger partial charge < -0.3 is 19.7 Å². The SMILES string of the molecule is O=C(Nc1cccc2c1OCCO2)N1CCN(C2CCCC2)CC1. The summed E-state index contributed by atoms with van der Waals surface area (Å²) >= 11 is 0. The van der Waals surface area contributed by atoms with Crippen LogP contribution in [0.2, 0.25) is 0 Å². The van der Waals surface area contributed by atoms with Crippen molar-refractivity contribution >= 4 is 11.7 Å². The zero-order chi connectivity index (χ0) is 16.4. The predicted octanol–water partition coefficient (Wildman–Crippen LogP) is 2.55. The third-order valence-corrected chi connectivity index (χ3v) is 5.25. The van der Waals surface area contributed by atoms with E-state index >= 15 is 0 Å². The number of piperazine rings is 1. The second-order valence-electron chi connectivity index (χ2n) is 6.72. The minimum Gasteiger partial charge on any atom is -0.486 e. The summed E-state index contributed by atoms with van der Waals surface area (Å²) in [7, 11) is 0. The lowest BCUT2D eigenvalue weighted by atomic mass is 10.2. The molecule has 1 aromatic carbocycles. The number of carbonyl (C=O) groups excluding carboxylic acids is 1. The van der Waals surface area contributed by atoms with Gasteiger partial charge in [-0.2, -0.15) is 0 Å². The summed E-state index contributed by atoms with van der Waals surface area (Å²) in [4.78, 5) is 17.0. The van der Waals surface area contributed by atoms with Crippen LogP contribution in [0.1, 0.15) is 25.7 Å². The Morgan fingerprint density at radius 3 is 2.58 bits per heavy atom. The Hall–Kier alpha value is -1.95. The van der Waals surface area contributed by atoms with Gasteiger partial charge in [-0.15, -0.1) is 0 Å². The molecule has 0 aromatic heterocycles. The fraction of sp³-hybridized carbons (Fsp3) is 0.611. The number of nitrogens with zero attached hydrogens (tertiary/aromatic N) is 2. The monoisotopic (exact) mass is 331 g/mol. The molecular formula is C18H25N3O3. The van der Waals surface area contributed by atoms with Crippen LogP contribution in [0.3, 0.4) is 0 Å². The van der Waals surface area contributed by atoms with E-state index in [2.05, 4.69) is 10.2 Å². The van der Waals surface area contributed by atoms with Crippen molar-refractivity contribution in [2.24, 2.45) is 0 Å². The van der Waals surface area contributed by atoms with Crippen LogP contribution in [-0.4, -0.2) is 61.3 Å². The molecule has 0 bridgehead atoms. The number of carbonyl (C=O) groups is 1. The Balaban J connectivity index is 1.35. The van der Waals surface area contributed by atoms with Gasteiger partial charge in [0.2, 0.25) is 0 Å². The first-order valence-corrected chi connectivity index (χ1v) is 9.00. The number of anilines is 1. The highest BCUT2D eigenvalue weighted by molar-refractivity contribution is 5.91. The largest absolute Gasteiger partial charge is 0.486 e. The van der Waals surface area contributed by atoms with E-state index in [-0.39, 0.29) is 6.03 Å². The Morgan fingerprint density at radius 2 is 1.79 bits per heavy atom. The van der Waals surface area contributed by atoms with E-state index in [0.717, 1.165) is 32.2 Å². The van der Waals surface area contributed by atoms with Gasteiger partial charge >= 0.3 is 6.03 Å². The molecule has 6 nitrogen and oxygen atoms in total. The van der Waals surface area contributed by atoms with Crippen LogP contribution in [-0.2, 0) is 0 Å². The fourth-order valence-electron chi connectivity index (χ4n) is 3.93. The van der Waals surface area contributed by atoms with Crippen LogP contribution in [0.5, 0.6) is 11.5 Å². The number of urea groups is 1. The summed E-state index contributed by atoms with van der Waals surface area (Å²) < 4.78 is 11.2. The van der Waals surface area contributed by atoms with Crippen LogP contribution >= 0.6 is 0 Å². The lowest BCUT2D eigenvalue weighted by Crippen LogP contribution is -2.52. The minimum absolute atomic E-state index is 0.0522. The quantitative estimate of drug-likeness (QED) is 0.905. The molecule has 1 aromatic rings. The van der Waals surface area contributed by atoms with Crippen LogP contribution in [0.25, 0.3) is 0 Å². The molecule has 1 saturated carbocycles. The molecule has 24 heavy (non-hydrogen) atoms. The van der Waals surface area contributed by atoms with Crippen molar-refractivity contribution in [3.8, 4) is 11.5 Å². The van der Waals surface area contributed by atoms with Crippen molar-refractivity contribution in [2.75, 3.05) is 44.7 Å². The zero-order valence-electron chi connectivity index (χ0n) is 14.0. The molecular weight excluding hydrogens is 306 g/mol. The third-order valence-electron chi connectivity index (χ3n) is 5.25.